The number of carbonyl (C=O) groups excluding carboxylic acids is 1. The van der Waals surface area contributed by atoms with Crippen LogP contribution in [0.2, 0.25) is 0 Å². The van der Waals surface area contributed by atoms with E-state index in [1.54, 1.807) is 6.08 Å². The molecular weight excluding hydrogens is 162 g/mol. The van der Waals surface area contributed by atoms with Gasteiger partial charge in [-0.15, -0.1) is 0 Å². The standard InChI is InChI=1S/C11H17NO/c1-3-4-5-6-7-8-11(2)12-9-10-13/h3-7,10-12H,1,8-9H2,2H3/b5-4-,7-6-. The topological polar surface area (TPSA) is 29.1 Å². The minimum absolute atomic E-state index is 0.346. The summed E-state index contributed by atoms with van der Waals surface area (Å²) in [5.41, 5.74) is 0. The van der Waals surface area contributed by atoms with Crippen LogP contribution in [-0.4, -0.2) is 18.9 Å². The summed E-state index contributed by atoms with van der Waals surface area (Å²) in [6.45, 7) is 6.04. The highest BCUT2D eigenvalue weighted by atomic mass is 16.1. The lowest BCUT2D eigenvalue weighted by Crippen LogP contribution is -2.26. The molecule has 1 atom stereocenters. The summed E-state index contributed by atoms with van der Waals surface area (Å²) in [7, 11) is 0. The van der Waals surface area contributed by atoms with Gasteiger partial charge in [-0.3, -0.25) is 0 Å². The molecule has 0 aliphatic rings. The van der Waals surface area contributed by atoms with Crippen LogP contribution in [0.5, 0.6) is 0 Å². The second-order valence-electron chi connectivity index (χ2n) is 2.76. The molecule has 13 heavy (non-hydrogen) atoms. The van der Waals surface area contributed by atoms with Gasteiger partial charge in [-0.25, -0.2) is 0 Å². The molecule has 0 aromatic carbocycles. The van der Waals surface area contributed by atoms with Crippen molar-refractivity contribution in [3.63, 3.8) is 0 Å². The zero-order valence-electron chi connectivity index (χ0n) is 8.07. The molecule has 0 aliphatic heterocycles. The third-order valence-electron chi connectivity index (χ3n) is 1.53. The maximum atomic E-state index is 10.0. The van der Waals surface area contributed by atoms with Gasteiger partial charge in [0.05, 0.1) is 6.54 Å². The zero-order valence-corrected chi connectivity index (χ0v) is 8.07. The lowest BCUT2D eigenvalue weighted by atomic mass is 10.2. The van der Waals surface area contributed by atoms with Gasteiger partial charge >= 0.3 is 0 Å². The zero-order chi connectivity index (χ0) is 9.94. The van der Waals surface area contributed by atoms with Crippen LogP contribution in [0.4, 0.5) is 0 Å². The fourth-order valence-electron chi connectivity index (χ4n) is 0.837. The van der Waals surface area contributed by atoms with Crippen molar-refractivity contribution in [2.75, 3.05) is 6.54 Å². The third kappa shape index (κ3) is 8.76. The molecule has 2 nitrogen and oxygen atoms in total. The van der Waals surface area contributed by atoms with Crippen LogP contribution in [0, 0.1) is 0 Å². The van der Waals surface area contributed by atoms with E-state index in [1.807, 2.05) is 25.2 Å². The Bertz CT molecular complexity index is 194. The minimum atomic E-state index is 0.346. The Kier molecular flexibility index (Phi) is 8.15. The van der Waals surface area contributed by atoms with Crippen LogP contribution >= 0.6 is 0 Å². The number of hydrogen-bond donors (Lipinski definition) is 1. The highest BCUT2D eigenvalue weighted by Crippen LogP contribution is 1.91. The van der Waals surface area contributed by atoms with E-state index >= 15 is 0 Å². The first-order valence-corrected chi connectivity index (χ1v) is 4.42. The average Bonchev–Trinajstić information content (AvgIpc) is 2.14. The predicted octanol–water partition coefficient (Wildman–Crippen LogP) is 1.85. The summed E-state index contributed by atoms with van der Waals surface area (Å²) in [4.78, 5) is 10.0. The molecule has 0 spiro atoms. The molecule has 0 aromatic rings. The molecule has 0 saturated carbocycles. The van der Waals surface area contributed by atoms with Crippen LogP contribution in [0.1, 0.15) is 13.3 Å². The van der Waals surface area contributed by atoms with E-state index in [9.17, 15) is 4.79 Å². The van der Waals surface area contributed by atoms with Crippen LogP contribution in [0.25, 0.3) is 0 Å². The van der Waals surface area contributed by atoms with Crippen molar-refractivity contribution in [2.45, 2.75) is 19.4 Å². The Morgan fingerprint density at radius 1 is 1.38 bits per heavy atom. The smallest absolute Gasteiger partial charge is 0.133 e. The second-order valence-corrected chi connectivity index (χ2v) is 2.76. The van der Waals surface area contributed by atoms with E-state index in [-0.39, 0.29) is 0 Å². The fraction of sp³-hybridized carbons (Fsp3) is 0.364. The monoisotopic (exact) mass is 179 g/mol. The number of allylic oxidation sites excluding steroid dienone is 4. The lowest BCUT2D eigenvalue weighted by Gasteiger charge is -2.07. The fourth-order valence-corrected chi connectivity index (χ4v) is 0.837. The Balaban J connectivity index is 3.49. The summed E-state index contributed by atoms with van der Waals surface area (Å²) in [6, 6.07) is 0.346. The molecule has 0 heterocycles. The van der Waals surface area contributed by atoms with Gasteiger partial charge in [0.15, 0.2) is 0 Å². The van der Waals surface area contributed by atoms with Crippen molar-refractivity contribution in [3.8, 4) is 0 Å². The molecular formula is C11H17NO. The van der Waals surface area contributed by atoms with Gasteiger partial charge in [-0.1, -0.05) is 37.0 Å². The number of rotatable bonds is 7. The van der Waals surface area contributed by atoms with Gasteiger partial charge in [0, 0.05) is 6.04 Å². The van der Waals surface area contributed by atoms with Crippen molar-refractivity contribution in [3.05, 3.63) is 37.0 Å². The molecule has 0 fully saturated rings. The van der Waals surface area contributed by atoms with Crippen LogP contribution < -0.4 is 5.32 Å². The van der Waals surface area contributed by atoms with E-state index in [1.165, 1.54) is 0 Å². The Morgan fingerprint density at radius 3 is 2.77 bits per heavy atom. The van der Waals surface area contributed by atoms with Crippen molar-refractivity contribution < 1.29 is 4.79 Å². The summed E-state index contributed by atoms with van der Waals surface area (Å²) in [6.07, 6.45) is 11.4. The molecule has 2 heteroatoms. The summed E-state index contributed by atoms with van der Waals surface area (Å²) >= 11 is 0. The Morgan fingerprint density at radius 2 is 2.15 bits per heavy atom. The van der Waals surface area contributed by atoms with Crippen LogP contribution in [-0.2, 0) is 4.79 Å². The third-order valence-corrected chi connectivity index (χ3v) is 1.53. The number of carbonyl (C=O) groups is 1. The van der Waals surface area contributed by atoms with E-state index in [0.717, 1.165) is 12.7 Å². The first kappa shape index (κ1) is 11.8. The van der Waals surface area contributed by atoms with Gasteiger partial charge in [-0.2, -0.15) is 0 Å². The van der Waals surface area contributed by atoms with Gasteiger partial charge in [0.1, 0.15) is 6.29 Å². The maximum Gasteiger partial charge on any atom is 0.133 e. The van der Waals surface area contributed by atoms with Crippen molar-refractivity contribution in [2.24, 2.45) is 0 Å². The van der Waals surface area contributed by atoms with Gasteiger partial charge in [0.2, 0.25) is 0 Å². The highest BCUT2D eigenvalue weighted by molar-refractivity contribution is 5.51. The molecule has 0 saturated heterocycles. The van der Waals surface area contributed by atoms with Crippen molar-refractivity contribution in [1.29, 1.82) is 0 Å². The Labute approximate surface area is 80.0 Å². The summed E-state index contributed by atoms with van der Waals surface area (Å²) in [5, 5.41) is 3.06. The van der Waals surface area contributed by atoms with E-state index < -0.39 is 0 Å². The maximum absolute atomic E-state index is 10.0. The largest absolute Gasteiger partial charge is 0.307 e. The molecule has 1 N–H and O–H groups in total. The molecule has 0 amide bonds. The van der Waals surface area contributed by atoms with Crippen LogP contribution in [0.15, 0.2) is 37.0 Å². The molecule has 0 aromatic heterocycles. The molecule has 0 bridgehead atoms. The SMILES string of the molecule is C=C/C=C\C=C/CC(C)NCC=O. The second kappa shape index (κ2) is 8.94. The summed E-state index contributed by atoms with van der Waals surface area (Å²) < 4.78 is 0. The molecule has 72 valence electrons. The normalized spacial score (nSPS) is 13.6. The van der Waals surface area contributed by atoms with Gasteiger partial charge in [0.25, 0.3) is 0 Å². The average molecular weight is 179 g/mol. The lowest BCUT2D eigenvalue weighted by molar-refractivity contribution is -0.107. The van der Waals surface area contributed by atoms with Crippen molar-refractivity contribution in [1.82, 2.24) is 5.32 Å². The van der Waals surface area contributed by atoms with E-state index in [0.29, 0.717) is 12.6 Å². The first-order valence-electron chi connectivity index (χ1n) is 4.42. The molecule has 0 radical (unpaired) electrons. The first-order chi connectivity index (χ1) is 6.31. The van der Waals surface area contributed by atoms with Crippen LogP contribution in [0.3, 0.4) is 0 Å². The van der Waals surface area contributed by atoms with E-state index in [2.05, 4.69) is 18.0 Å². The van der Waals surface area contributed by atoms with Gasteiger partial charge < -0.3 is 10.1 Å². The number of aldehydes is 1. The molecule has 1 unspecified atom stereocenters. The number of hydrogen-bond acceptors (Lipinski definition) is 2. The predicted molar refractivity (Wildman–Crippen MR) is 56.6 cm³/mol. The summed E-state index contributed by atoms with van der Waals surface area (Å²) in [5.74, 6) is 0. The quantitative estimate of drug-likeness (QED) is 0.477. The highest BCUT2D eigenvalue weighted by Gasteiger charge is 1.94. The number of nitrogens with one attached hydrogen (secondary N) is 1. The van der Waals surface area contributed by atoms with Gasteiger partial charge in [-0.05, 0) is 13.3 Å². The molecule has 0 aliphatic carbocycles. The molecule has 0 rings (SSSR count). The van der Waals surface area contributed by atoms with E-state index in [4.69, 9.17) is 0 Å². The Hall–Kier alpha value is -1.15. The minimum Gasteiger partial charge on any atom is -0.307 e. The van der Waals surface area contributed by atoms with Crippen molar-refractivity contribution >= 4 is 6.29 Å².